The topological polar surface area (TPSA) is 33.3 Å². The average Bonchev–Trinajstić information content (AvgIpc) is 2.37. The van der Waals surface area contributed by atoms with Gasteiger partial charge >= 0.3 is 0 Å². The van der Waals surface area contributed by atoms with Gasteiger partial charge in [0.25, 0.3) is 0 Å². The normalized spacial score (nSPS) is 20.0. The summed E-state index contributed by atoms with van der Waals surface area (Å²) in [5.74, 6) is 0.896. The predicted octanol–water partition coefficient (Wildman–Crippen LogP) is 2.31. The highest BCUT2D eigenvalue weighted by molar-refractivity contribution is 5.71. The molecule has 1 aliphatic rings. The molecule has 0 aliphatic carbocycles. The minimum Gasteiger partial charge on any atom is -0.497 e. The van der Waals surface area contributed by atoms with Gasteiger partial charge in [-0.3, -0.25) is 0 Å². The third kappa shape index (κ3) is 1.76. The van der Waals surface area contributed by atoms with Crippen LogP contribution in [0.15, 0.2) is 18.2 Å². The quantitative estimate of drug-likeness (QED) is 0.716. The number of benzene rings is 1. The number of methoxy groups -OCH3 is 1. The molecule has 0 amide bonds. The first-order valence-electron chi connectivity index (χ1n) is 4.98. The third-order valence-electron chi connectivity index (χ3n) is 2.52. The molecule has 1 unspecified atom stereocenters. The molecule has 3 heteroatoms. The molecule has 76 valence electrons. The van der Waals surface area contributed by atoms with E-state index < -0.39 is 0 Å². The molecule has 1 aliphatic heterocycles. The molecule has 1 heterocycles. The molecular formula is C11H16N2O. The van der Waals surface area contributed by atoms with Crippen LogP contribution in [-0.2, 0) is 0 Å². The van der Waals surface area contributed by atoms with Crippen molar-refractivity contribution in [3.63, 3.8) is 0 Å². The van der Waals surface area contributed by atoms with E-state index in [9.17, 15) is 0 Å². The van der Waals surface area contributed by atoms with Gasteiger partial charge in [0, 0.05) is 18.7 Å². The second kappa shape index (κ2) is 3.78. The molecule has 0 spiro atoms. The van der Waals surface area contributed by atoms with E-state index in [-0.39, 0.29) is 0 Å². The van der Waals surface area contributed by atoms with E-state index in [1.807, 2.05) is 12.1 Å². The number of nitrogens with one attached hydrogen (secondary N) is 2. The minimum atomic E-state index is 0.510. The first kappa shape index (κ1) is 9.19. The maximum absolute atomic E-state index is 5.19. The number of hydrogen-bond acceptors (Lipinski definition) is 3. The Morgan fingerprint density at radius 3 is 3.00 bits per heavy atom. The fraction of sp³-hybridized carbons (Fsp3) is 0.455. The molecule has 0 radical (unpaired) electrons. The molecule has 1 aromatic carbocycles. The highest BCUT2D eigenvalue weighted by Crippen LogP contribution is 2.29. The third-order valence-corrected chi connectivity index (χ3v) is 2.52. The van der Waals surface area contributed by atoms with Gasteiger partial charge in [-0.25, -0.2) is 0 Å². The van der Waals surface area contributed by atoms with Crippen molar-refractivity contribution < 1.29 is 4.74 Å². The van der Waals surface area contributed by atoms with Crippen molar-refractivity contribution >= 4 is 11.4 Å². The van der Waals surface area contributed by atoms with E-state index in [1.165, 1.54) is 0 Å². The van der Waals surface area contributed by atoms with Crippen molar-refractivity contribution in [2.75, 3.05) is 24.3 Å². The van der Waals surface area contributed by atoms with Crippen LogP contribution >= 0.6 is 0 Å². The summed E-state index contributed by atoms with van der Waals surface area (Å²) >= 11 is 0. The van der Waals surface area contributed by atoms with Crippen molar-refractivity contribution in [3.8, 4) is 5.75 Å². The van der Waals surface area contributed by atoms with Gasteiger partial charge in [0.05, 0.1) is 18.5 Å². The lowest BCUT2D eigenvalue weighted by atomic mass is 10.2. The summed E-state index contributed by atoms with van der Waals surface area (Å²) in [5, 5.41) is 6.84. The summed E-state index contributed by atoms with van der Waals surface area (Å²) in [7, 11) is 1.69. The average molecular weight is 192 g/mol. The lowest BCUT2D eigenvalue weighted by Gasteiger charge is -2.13. The van der Waals surface area contributed by atoms with Crippen LogP contribution in [0.5, 0.6) is 5.75 Å². The number of rotatable bonds is 1. The smallest absolute Gasteiger partial charge is 0.121 e. The number of anilines is 2. The highest BCUT2D eigenvalue weighted by atomic mass is 16.5. The summed E-state index contributed by atoms with van der Waals surface area (Å²) in [6.07, 6.45) is 1.14. The maximum Gasteiger partial charge on any atom is 0.121 e. The van der Waals surface area contributed by atoms with Crippen LogP contribution in [0, 0.1) is 0 Å². The van der Waals surface area contributed by atoms with E-state index in [1.54, 1.807) is 7.11 Å². The zero-order chi connectivity index (χ0) is 9.97. The minimum absolute atomic E-state index is 0.510. The molecule has 0 saturated heterocycles. The summed E-state index contributed by atoms with van der Waals surface area (Å²) < 4.78 is 5.19. The standard InChI is InChI=1S/C11H16N2O/c1-8-5-6-12-10-4-3-9(14-2)7-11(10)13-8/h3-4,7-8,12-13H,5-6H2,1-2H3. The van der Waals surface area contributed by atoms with E-state index in [0.717, 1.165) is 30.1 Å². The van der Waals surface area contributed by atoms with Gasteiger partial charge in [0.15, 0.2) is 0 Å². The van der Waals surface area contributed by atoms with Crippen LogP contribution in [0.3, 0.4) is 0 Å². The van der Waals surface area contributed by atoms with Crippen molar-refractivity contribution in [1.29, 1.82) is 0 Å². The van der Waals surface area contributed by atoms with E-state index in [4.69, 9.17) is 4.74 Å². The summed E-state index contributed by atoms with van der Waals surface area (Å²) in [4.78, 5) is 0. The Hall–Kier alpha value is -1.38. The van der Waals surface area contributed by atoms with Gasteiger partial charge in [-0.15, -0.1) is 0 Å². The van der Waals surface area contributed by atoms with Crippen molar-refractivity contribution in [3.05, 3.63) is 18.2 Å². The van der Waals surface area contributed by atoms with Gasteiger partial charge in [-0.2, -0.15) is 0 Å². The summed E-state index contributed by atoms with van der Waals surface area (Å²) in [6.45, 7) is 3.21. The molecular weight excluding hydrogens is 176 g/mol. The van der Waals surface area contributed by atoms with Gasteiger partial charge in [0.1, 0.15) is 5.75 Å². The fourth-order valence-corrected chi connectivity index (χ4v) is 1.68. The van der Waals surface area contributed by atoms with E-state index >= 15 is 0 Å². The number of ether oxygens (including phenoxy) is 1. The zero-order valence-corrected chi connectivity index (χ0v) is 8.63. The Kier molecular flexibility index (Phi) is 2.48. The maximum atomic E-state index is 5.19. The fourth-order valence-electron chi connectivity index (χ4n) is 1.68. The summed E-state index contributed by atoms with van der Waals surface area (Å²) in [5.41, 5.74) is 2.30. The van der Waals surface area contributed by atoms with Gasteiger partial charge in [-0.05, 0) is 25.5 Å². The Labute approximate surface area is 84.5 Å². The Morgan fingerprint density at radius 2 is 2.21 bits per heavy atom. The SMILES string of the molecule is COc1ccc2c(c1)NC(C)CCN2. The first-order chi connectivity index (χ1) is 6.79. The molecule has 3 nitrogen and oxygen atoms in total. The first-order valence-corrected chi connectivity index (χ1v) is 4.98. The van der Waals surface area contributed by atoms with Gasteiger partial charge in [-0.1, -0.05) is 0 Å². The zero-order valence-electron chi connectivity index (χ0n) is 8.63. The van der Waals surface area contributed by atoms with Crippen molar-refractivity contribution in [2.45, 2.75) is 19.4 Å². The molecule has 0 bridgehead atoms. The summed E-state index contributed by atoms with van der Waals surface area (Å²) in [6, 6.07) is 6.57. The predicted molar refractivity (Wildman–Crippen MR) is 59.2 cm³/mol. The van der Waals surface area contributed by atoms with Crippen LogP contribution in [0.2, 0.25) is 0 Å². The van der Waals surface area contributed by atoms with Crippen molar-refractivity contribution in [2.24, 2.45) is 0 Å². The molecule has 1 aromatic rings. The van der Waals surface area contributed by atoms with Crippen molar-refractivity contribution in [1.82, 2.24) is 0 Å². The second-order valence-corrected chi connectivity index (χ2v) is 3.67. The largest absolute Gasteiger partial charge is 0.497 e. The van der Waals surface area contributed by atoms with Crippen LogP contribution in [0.25, 0.3) is 0 Å². The van der Waals surface area contributed by atoms with Gasteiger partial charge in [0.2, 0.25) is 0 Å². The Morgan fingerprint density at radius 1 is 1.36 bits per heavy atom. The van der Waals surface area contributed by atoms with E-state index in [2.05, 4.69) is 23.6 Å². The molecule has 1 atom stereocenters. The number of hydrogen-bond donors (Lipinski definition) is 2. The Bertz CT molecular complexity index is 325. The lowest BCUT2D eigenvalue weighted by molar-refractivity contribution is 0.415. The Balaban J connectivity index is 2.32. The highest BCUT2D eigenvalue weighted by Gasteiger charge is 2.11. The second-order valence-electron chi connectivity index (χ2n) is 3.67. The molecule has 0 aromatic heterocycles. The van der Waals surface area contributed by atoms with E-state index in [0.29, 0.717) is 6.04 Å². The number of fused-ring (bicyclic) bond motifs is 1. The van der Waals surface area contributed by atoms with Crippen LogP contribution in [0.4, 0.5) is 11.4 Å². The van der Waals surface area contributed by atoms with Crippen LogP contribution in [0.1, 0.15) is 13.3 Å². The molecule has 0 saturated carbocycles. The molecule has 2 rings (SSSR count). The lowest BCUT2D eigenvalue weighted by Crippen LogP contribution is -2.14. The van der Waals surface area contributed by atoms with Crippen LogP contribution < -0.4 is 15.4 Å². The molecule has 14 heavy (non-hydrogen) atoms. The van der Waals surface area contributed by atoms with Crippen LogP contribution in [-0.4, -0.2) is 19.7 Å². The molecule has 0 fully saturated rings. The van der Waals surface area contributed by atoms with Gasteiger partial charge < -0.3 is 15.4 Å². The monoisotopic (exact) mass is 192 g/mol. The molecule has 2 N–H and O–H groups in total.